The van der Waals surface area contributed by atoms with E-state index in [-0.39, 0.29) is 17.9 Å². The van der Waals surface area contributed by atoms with Crippen LogP contribution >= 0.6 is 0 Å². The van der Waals surface area contributed by atoms with Crippen LogP contribution in [-0.2, 0) is 4.79 Å². The normalized spacial score (nSPS) is 18.3. The van der Waals surface area contributed by atoms with E-state index in [2.05, 4.69) is 83.3 Å². The molecule has 5 heteroatoms. The summed E-state index contributed by atoms with van der Waals surface area (Å²) in [6.45, 7) is 2.89. The third kappa shape index (κ3) is 15.1. The van der Waals surface area contributed by atoms with Gasteiger partial charge in [-0.25, -0.2) is 0 Å². The van der Waals surface area contributed by atoms with Crippen molar-refractivity contribution in [1.29, 1.82) is 0 Å². The molecule has 5 nitrogen and oxygen atoms in total. The van der Waals surface area contributed by atoms with Gasteiger partial charge in [0.1, 0.15) is 0 Å². The Hall–Kier alpha value is -3.21. The first-order chi connectivity index (χ1) is 18.7. The molecule has 1 aliphatic rings. The van der Waals surface area contributed by atoms with E-state index in [1.165, 1.54) is 0 Å². The topological polar surface area (TPSA) is 71.1 Å². The lowest BCUT2D eigenvalue weighted by atomic mass is 9.86. The molecule has 1 fully saturated rings. The van der Waals surface area contributed by atoms with Crippen molar-refractivity contribution in [2.24, 2.45) is 5.92 Å². The van der Waals surface area contributed by atoms with Crippen molar-refractivity contribution in [3.63, 3.8) is 0 Å². The van der Waals surface area contributed by atoms with Crippen molar-refractivity contribution in [2.75, 3.05) is 6.54 Å². The molecule has 0 atom stereocenters. The van der Waals surface area contributed by atoms with Crippen LogP contribution in [0.15, 0.2) is 85.3 Å². The van der Waals surface area contributed by atoms with Gasteiger partial charge in [0.2, 0.25) is 5.91 Å². The number of nitrogens with one attached hydrogen (secondary N) is 2. The van der Waals surface area contributed by atoms with Crippen LogP contribution in [-0.4, -0.2) is 29.4 Å². The third-order valence-corrected chi connectivity index (χ3v) is 6.63. The molecular weight excluding hydrogens is 470 g/mol. The summed E-state index contributed by atoms with van der Waals surface area (Å²) in [7, 11) is 0. The number of carbonyl (C=O) groups excluding carboxylic acids is 2. The lowest BCUT2D eigenvalue weighted by Crippen LogP contribution is -2.39. The van der Waals surface area contributed by atoms with Crippen LogP contribution in [0.25, 0.3) is 0 Å². The number of pyridine rings is 1. The van der Waals surface area contributed by atoms with Crippen LogP contribution in [0, 0.1) is 5.92 Å². The maximum absolute atomic E-state index is 12.3. The molecule has 0 aliphatic heterocycles. The molecule has 0 spiro atoms. The molecule has 2 amide bonds. The molecule has 1 heterocycles. The van der Waals surface area contributed by atoms with Crippen LogP contribution in [0.3, 0.4) is 0 Å². The van der Waals surface area contributed by atoms with Gasteiger partial charge in [0, 0.05) is 31.4 Å². The molecule has 0 aromatic carbocycles. The van der Waals surface area contributed by atoms with Crippen LogP contribution in [0.2, 0.25) is 0 Å². The van der Waals surface area contributed by atoms with Crippen molar-refractivity contribution in [2.45, 2.75) is 90.0 Å². The second kappa shape index (κ2) is 20.8. The fourth-order valence-corrected chi connectivity index (χ4v) is 4.37. The van der Waals surface area contributed by atoms with E-state index in [1.807, 2.05) is 0 Å². The smallest absolute Gasteiger partial charge is 0.253 e. The van der Waals surface area contributed by atoms with E-state index in [0.717, 1.165) is 77.2 Å². The first kappa shape index (κ1) is 31.0. The molecule has 0 bridgehead atoms. The molecule has 1 aliphatic carbocycles. The molecular formula is C33H47N3O2. The number of unbranched alkanes of at least 4 members (excludes halogenated alkanes) is 1. The van der Waals surface area contributed by atoms with Gasteiger partial charge in [-0.05, 0) is 88.7 Å². The third-order valence-electron chi connectivity index (χ3n) is 6.63. The molecule has 1 aromatic heterocycles. The summed E-state index contributed by atoms with van der Waals surface area (Å²) in [5.74, 6) is 0.586. The molecule has 1 aromatic rings. The number of rotatable bonds is 17. The van der Waals surface area contributed by atoms with Crippen LogP contribution in [0.5, 0.6) is 0 Å². The number of allylic oxidation sites excluding steroid dienone is 10. The quantitative estimate of drug-likeness (QED) is 0.167. The van der Waals surface area contributed by atoms with Crippen molar-refractivity contribution in [3.05, 3.63) is 90.9 Å². The second-order valence-electron chi connectivity index (χ2n) is 9.84. The maximum atomic E-state index is 12.3. The Kier molecular flexibility index (Phi) is 17.0. The molecule has 0 unspecified atom stereocenters. The Labute approximate surface area is 230 Å². The zero-order valence-corrected chi connectivity index (χ0v) is 23.2. The summed E-state index contributed by atoms with van der Waals surface area (Å²) in [5.41, 5.74) is 0.603. The van der Waals surface area contributed by atoms with Crippen LogP contribution < -0.4 is 10.6 Å². The highest BCUT2D eigenvalue weighted by molar-refractivity contribution is 5.94. The minimum absolute atomic E-state index is 0.0534. The first-order valence-electron chi connectivity index (χ1n) is 14.4. The van der Waals surface area contributed by atoms with Crippen LogP contribution in [0.4, 0.5) is 0 Å². The summed E-state index contributed by atoms with van der Waals surface area (Å²) >= 11 is 0. The number of amides is 2. The fourth-order valence-electron chi connectivity index (χ4n) is 4.37. The minimum atomic E-state index is -0.0534. The van der Waals surface area contributed by atoms with Gasteiger partial charge in [-0.2, -0.15) is 0 Å². The van der Waals surface area contributed by atoms with Gasteiger partial charge in [0.15, 0.2) is 0 Å². The summed E-state index contributed by atoms with van der Waals surface area (Å²) in [5, 5.41) is 6.22. The molecule has 1 saturated carbocycles. The van der Waals surface area contributed by atoms with E-state index >= 15 is 0 Å². The number of hydrogen-bond donors (Lipinski definition) is 2. The fraction of sp³-hybridized carbons (Fsp3) is 0.485. The second-order valence-corrected chi connectivity index (χ2v) is 9.84. The molecule has 0 saturated heterocycles. The standard InChI is InChI=1S/C33H47N3O2/c1-2-3-4-5-6-7-8-9-10-11-12-13-14-15-16-17-18-21-32(37)35-27-29-22-24-31(25-23-29)36-33(38)30-20-19-26-34-28-30/h3-4,6-7,9-10,12-13,15-16,19-20,26,28-29,31H,2,5,8,11,14,17-18,21-25,27H2,1H3,(H,35,37)(H,36,38)/b4-3-,7-6-,10-9-,13-12-,16-15-/t29-,31-. The zero-order chi connectivity index (χ0) is 27.1. The molecule has 38 heavy (non-hydrogen) atoms. The Balaban J connectivity index is 1.43. The number of carbonyl (C=O) groups is 2. The van der Waals surface area contributed by atoms with Crippen molar-refractivity contribution in [3.8, 4) is 0 Å². The van der Waals surface area contributed by atoms with E-state index in [0.29, 0.717) is 17.9 Å². The van der Waals surface area contributed by atoms with Crippen molar-refractivity contribution >= 4 is 11.8 Å². The SMILES string of the molecule is CC/C=C\C/C=C\C/C=C\C/C=C\C/C=C\CCCC(=O)NC[C@H]1CC[C@H](NC(=O)c2cccnc2)CC1. The lowest BCUT2D eigenvalue weighted by molar-refractivity contribution is -0.121. The Morgan fingerprint density at radius 2 is 1.47 bits per heavy atom. The Morgan fingerprint density at radius 1 is 0.868 bits per heavy atom. The van der Waals surface area contributed by atoms with Gasteiger partial charge in [0.25, 0.3) is 5.91 Å². The summed E-state index contributed by atoms with van der Waals surface area (Å²) in [4.78, 5) is 28.5. The number of hydrogen-bond acceptors (Lipinski definition) is 3. The van der Waals surface area contributed by atoms with Gasteiger partial charge in [0.05, 0.1) is 5.56 Å². The number of aromatic nitrogens is 1. The van der Waals surface area contributed by atoms with Gasteiger partial charge in [-0.1, -0.05) is 67.7 Å². The van der Waals surface area contributed by atoms with Crippen LogP contribution in [0.1, 0.15) is 94.3 Å². The van der Waals surface area contributed by atoms with Gasteiger partial charge in [-0.3, -0.25) is 14.6 Å². The average Bonchev–Trinajstić information content (AvgIpc) is 2.94. The van der Waals surface area contributed by atoms with Gasteiger partial charge >= 0.3 is 0 Å². The van der Waals surface area contributed by atoms with Crippen molar-refractivity contribution < 1.29 is 9.59 Å². The van der Waals surface area contributed by atoms with E-state index in [4.69, 9.17) is 0 Å². The predicted molar refractivity (Wildman–Crippen MR) is 159 cm³/mol. The van der Waals surface area contributed by atoms with Gasteiger partial charge in [-0.15, -0.1) is 0 Å². The summed E-state index contributed by atoms with van der Waals surface area (Å²) in [6.07, 6.45) is 36.6. The van der Waals surface area contributed by atoms with E-state index in [1.54, 1.807) is 24.5 Å². The van der Waals surface area contributed by atoms with Gasteiger partial charge < -0.3 is 10.6 Å². The predicted octanol–water partition coefficient (Wildman–Crippen LogP) is 7.41. The highest BCUT2D eigenvalue weighted by Gasteiger charge is 2.23. The highest BCUT2D eigenvalue weighted by Crippen LogP contribution is 2.24. The molecule has 2 N–H and O–H groups in total. The monoisotopic (exact) mass is 517 g/mol. The first-order valence-corrected chi connectivity index (χ1v) is 14.4. The largest absolute Gasteiger partial charge is 0.356 e. The average molecular weight is 518 g/mol. The number of nitrogens with zero attached hydrogens (tertiary/aromatic N) is 1. The molecule has 2 rings (SSSR count). The summed E-state index contributed by atoms with van der Waals surface area (Å²) < 4.78 is 0. The minimum Gasteiger partial charge on any atom is -0.356 e. The Morgan fingerprint density at radius 3 is 2.05 bits per heavy atom. The lowest BCUT2D eigenvalue weighted by Gasteiger charge is -2.29. The molecule has 0 radical (unpaired) electrons. The maximum Gasteiger partial charge on any atom is 0.253 e. The van der Waals surface area contributed by atoms with Crippen molar-refractivity contribution in [1.82, 2.24) is 15.6 Å². The highest BCUT2D eigenvalue weighted by atomic mass is 16.2. The van der Waals surface area contributed by atoms with E-state index in [9.17, 15) is 9.59 Å². The zero-order valence-electron chi connectivity index (χ0n) is 23.2. The summed E-state index contributed by atoms with van der Waals surface area (Å²) in [6, 6.07) is 3.77. The molecule has 206 valence electrons. The Bertz CT molecular complexity index is 923. The van der Waals surface area contributed by atoms with E-state index < -0.39 is 0 Å².